The van der Waals surface area contributed by atoms with Gasteiger partial charge in [0.2, 0.25) is 11.7 Å². The minimum absolute atomic E-state index is 0.607. The lowest BCUT2D eigenvalue weighted by molar-refractivity contribution is 0.212. The summed E-state index contributed by atoms with van der Waals surface area (Å²) in [5, 5.41) is 6.02. The first kappa shape index (κ1) is 15.7. The lowest BCUT2D eigenvalue weighted by atomic mass is 10.2. The van der Waals surface area contributed by atoms with Gasteiger partial charge < -0.3 is 9.26 Å². The summed E-state index contributed by atoms with van der Waals surface area (Å²) in [6.45, 7) is 4.05. The molecule has 0 aliphatic carbocycles. The van der Waals surface area contributed by atoms with Gasteiger partial charge in [0.1, 0.15) is 12.4 Å². The third kappa shape index (κ3) is 4.18. The largest absolute Gasteiger partial charge is 0.492 e. The van der Waals surface area contributed by atoms with Crippen LogP contribution in [0.1, 0.15) is 11.5 Å². The molecule has 3 aromatic rings. The molecule has 23 heavy (non-hydrogen) atoms. The first-order valence-electron chi connectivity index (χ1n) is 7.46. The van der Waals surface area contributed by atoms with Crippen LogP contribution in [0.5, 0.6) is 5.75 Å². The highest BCUT2D eigenvalue weighted by atomic mass is 32.1. The smallest absolute Gasteiger partial charge is 0.241 e. The third-order valence-electron chi connectivity index (χ3n) is 3.44. The first-order chi connectivity index (χ1) is 11.2. The second-order valence-corrected chi connectivity index (χ2v) is 6.29. The number of rotatable bonds is 7. The van der Waals surface area contributed by atoms with Gasteiger partial charge in [0, 0.05) is 6.54 Å². The van der Waals surface area contributed by atoms with E-state index in [1.165, 1.54) is 0 Å². The van der Waals surface area contributed by atoms with Crippen LogP contribution in [0, 0.1) is 6.92 Å². The van der Waals surface area contributed by atoms with E-state index < -0.39 is 0 Å². The van der Waals surface area contributed by atoms with Gasteiger partial charge in [0.25, 0.3) is 0 Å². The molecule has 0 radical (unpaired) electrons. The average molecular weight is 329 g/mol. The summed E-state index contributed by atoms with van der Waals surface area (Å²) in [5.41, 5.74) is 1.15. The molecule has 0 aliphatic rings. The van der Waals surface area contributed by atoms with Crippen LogP contribution in [-0.4, -0.2) is 35.2 Å². The van der Waals surface area contributed by atoms with Gasteiger partial charge in [-0.1, -0.05) is 29.4 Å². The number of nitrogens with zero attached hydrogens (tertiary/aromatic N) is 3. The monoisotopic (exact) mass is 329 g/mol. The number of thiophene rings is 1. The second kappa shape index (κ2) is 7.39. The number of hydrogen-bond donors (Lipinski definition) is 0. The molecule has 0 N–H and O–H groups in total. The van der Waals surface area contributed by atoms with Gasteiger partial charge in [-0.15, -0.1) is 11.3 Å². The summed E-state index contributed by atoms with van der Waals surface area (Å²) in [6, 6.07) is 12.0. The fraction of sp³-hybridized carbons (Fsp3) is 0.294. The standard InChI is InChI=1S/C17H19N3O2S/c1-13-6-3-4-7-14(13)21-10-9-20(2)12-16-18-17(19-22-16)15-8-5-11-23-15/h3-8,11H,9-10,12H2,1-2H3. The van der Waals surface area contributed by atoms with Crippen molar-refractivity contribution in [2.24, 2.45) is 0 Å². The predicted octanol–water partition coefficient (Wildman–Crippen LogP) is 3.62. The number of hydrogen-bond acceptors (Lipinski definition) is 6. The van der Waals surface area contributed by atoms with E-state index in [9.17, 15) is 0 Å². The van der Waals surface area contributed by atoms with Crippen LogP contribution >= 0.6 is 11.3 Å². The molecule has 0 spiro atoms. The zero-order valence-electron chi connectivity index (χ0n) is 13.2. The van der Waals surface area contributed by atoms with Gasteiger partial charge in [-0.3, -0.25) is 4.90 Å². The summed E-state index contributed by atoms with van der Waals surface area (Å²) in [7, 11) is 2.01. The lowest BCUT2D eigenvalue weighted by Gasteiger charge is -2.15. The van der Waals surface area contributed by atoms with Crippen molar-refractivity contribution in [1.82, 2.24) is 15.0 Å². The number of aryl methyl sites for hydroxylation is 1. The van der Waals surface area contributed by atoms with E-state index in [4.69, 9.17) is 9.26 Å². The Bertz CT molecular complexity index is 740. The molecule has 2 heterocycles. The minimum atomic E-state index is 0.607. The Morgan fingerprint density at radius 3 is 2.87 bits per heavy atom. The van der Waals surface area contributed by atoms with E-state index in [0.29, 0.717) is 24.9 Å². The molecule has 0 saturated carbocycles. The topological polar surface area (TPSA) is 51.4 Å². The van der Waals surface area contributed by atoms with Crippen LogP contribution in [0.2, 0.25) is 0 Å². The van der Waals surface area contributed by atoms with Gasteiger partial charge in [0.05, 0.1) is 11.4 Å². The zero-order chi connectivity index (χ0) is 16.1. The Kier molecular flexibility index (Phi) is 5.05. The van der Waals surface area contributed by atoms with E-state index in [0.717, 1.165) is 22.7 Å². The molecule has 2 aromatic heterocycles. The molecule has 0 aliphatic heterocycles. The zero-order valence-corrected chi connectivity index (χ0v) is 14.0. The maximum absolute atomic E-state index is 5.80. The van der Waals surface area contributed by atoms with Crippen molar-refractivity contribution < 1.29 is 9.26 Å². The summed E-state index contributed by atoms with van der Waals surface area (Å²) in [4.78, 5) is 7.54. The summed E-state index contributed by atoms with van der Waals surface area (Å²) < 4.78 is 11.1. The maximum atomic E-state index is 5.80. The van der Waals surface area contributed by atoms with Crippen molar-refractivity contribution in [3.05, 3.63) is 53.2 Å². The summed E-state index contributed by atoms with van der Waals surface area (Å²) in [5.74, 6) is 2.20. The Labute approximate surface area is 139 Å². The predicted molar refractivity (Wildman–Crippen MR) is 90.6 cm³/mol. The van der Waals surface area contributed by atoms with Gasteiger partial charge in [-0.25, -0.2) is 0 Å². The Balaban J connectivity index is 1.48. The number of aromatic nitrogens is 2. The molecule has 5 nitrogen and oxygen atoms in total. The van der Waals surface area contributed by atoms with Crippen molar-refractivity contribution in [3.63, 3.8) is 0 Å². The van der Waals surface area contributed by atoms with Crippen LogP contribution in [-0.2, 0) is 6.54 Å². The fourth-order valence-electron chi connectivity index (χ4n) is 2.16. The van der Waals surface area contributed by atoms with Crippen LogP contribution in [0.25, 0.3) is 10.7 Å². The minimum Gasteiger partial charge on any atom is -0.492 e. The summed E-state index contributed by atoms with van der Waals surface area (Å²) >= 11 is 1.60. The van der Waals surface area contributed by atoms with Crippen molar-refractivity contribution in [1.29, 1.82) is 0 Å². The Morgan fingerprint density at radius 1 is 1.22 bits per heavy atom. The van der Waals surface area contributed by atoms with Crippen LogP contribution < -0.4 is 4.74 Å². The highest BCUT2D eigenvalue weighted by Gasteiger charge is 2.11. The van der Waals surface area contributed by atoms with Crippen LogP contribution in [0.4, 0.5) is 0 Å². The van der Waals surface area contributed by atoms with Gasteiger partial charge in [-0.05, 0) is 37.0 Å². The van der Waals surface area contributed by atoms with E-state index in [1.54, 1.807) is 11.3 Å². The molecule has 0 amide bonds. The quantitative estimate of drug-likeness (QED) is 0.663. The number of likely N-dealkylation sites (N-methyl/N-ethyl adjacent to an activating group) is 1. The van der Waals surface area contributed by atoms with Gasteiger partial charge in [-0.2, -0.15) is 4.98 Å². The van der Waals surface area contributed by atoms with E-state index in [-0.39, 0.29) is 0 Å². The fourth-order valence-corrected chi connectivity index (χ4v) is 2.81. The Morgan fingerprint density at radius 2 is 2.09 bits per heavy atom. The SMILES string of the molecule is Cc1ccccc1OCCN(C)Cc1nc(-c2cccs2)no1. The molecular formula is C17H19N3O2S. The van der Waals surface area contributed by atoms with Gasteiger partial charge in [0.15, 0.2) is 0 Å². The summed E-state index contributed by atoms with van der Waals surface area (Å²) in [6.07, 6.45) is 0. The molecule has 1 aromatic carbocycles. The maximum Gasteiger partial charge on any atom is 0.241 e. The molecular weight excluding hydrogens is 310 g/mol. The second-order valence-electron chi connectivity index (χ2n) is 5.34. The number of para-hydroxylation sites is 1. The third-order valence-corrected chi connectivity index (χ3v) is 4.30. The molecule has 0 atom stereocenters. The lowest BCUT2D eigenvalue weighted by Crippen LogP contribution is -2.24. The number of ether oxygens (including phenoxy) is 1. The normalized spacial score (nSPS) is 11.1. The van der Waals surface area contributed by atoms with E-state index in [1.807, 2.05) is 55.7 Å². The van der Waals surface area contributed by atoms with Crippen LogP contribution in [0.15, 0.2) is 46.3 Å². The van der Waals surface area contributed by atoms with Crippen molar-refractivity contribution >= 4 is 11.3 Å². The van der Waals surface area contributed by atoms with E-state index >= 15 is 0 Å². The molecule has 3 rings (SSSR count). The molecule has 0 bridgehead atoms. The molecule has 0 unspecified atom stereocenters. The van der Waals surface area contributed by atoms with Crippen molar-refractivity contribution in [3.8, 4) is 16.5 Å². The van der Waals surface area contributed by atoms with Crippen LogP contribution in [0.3, 0.4) is 0 Å². The van der Waals surface area contributed by atoms with E-state index in [2.05, 4.69) is 15.0 Å². The highest BCUT2D eigenvalue weighted by molar-refractivity contribution is 7.13. The molecule has 0 saturated heterocycles. The van der Waals surface area contributed by atoms with Crippen molar-refractivity contribution in [2.75, 3.05) is 20.2 Å². The van der Waals surface area contributed by atoms with Gasteiger partial charge >= 0.3 is 0 Å². The molecule has 120 valence electrons. The highest BCUT2D eigenvalue weighted by Crippen LogP contribution is 2.21. The first-order valence-corrected chi connectivity index (χ1v) is 8.34. The average Bonchev–Trinajstić information content (AvgIpc) is 3.20. The Hall–Kier alpha value is -2.18. The molecule has 0 fully saturated rings. The van der Waals surface area contributed by atoms with Crippen molar-refractivity contribution in [2.45, 2.75) is 13.5 Å². The molecule has 6 heteroatoms. The number of benzene rings is 1.